The van der Waals surface area contributed by atoms with E-state index in [1.807, 2.05) is 54.6 Å². The van der Waals surface area contributed by atoms with Crippen LogP contribution in [0.3, 0.4) is 0 Å². The average Bonchev–Trinajstić information content (AvgIpc) is 3.05. The van der Waals surface area contributed by atoms with Gasteiger partial charge >= 0.3 is 0 Å². The van der Waals surface area contributed by atoms with E-state index in [-0.39, 0.29) is 24.2 Å². The second-order valence-electron chi connectivity index (χ2n) is 6.07. The van der Waals surface area contributed by atoms with Crippen LogP contribution in [0, 0.1) is 5.92 Å². The number of amides is 2. The normalized spacial score (nSPS) is 16.6. The summed E-state index contributed by atoms with van der Waals surface area (Å²) in [5.41, 5.74) is 0.675. The van der Waals surface area contributed by atoms with Gasteiger partial charge < -0.3 is 19.7 Å². The number of hydrogen-bond acceptors (Lipinski definition) is 4. The topological polar surface area (TPSA) is 67.9 Å². The quantitative estimate of drug-likeness (QED) is 0.776. The molecular weight excluding hydrogens is 332 g/mol. The Bertz CT molecular complexity index is 763. The first-order valence-corrected chi connectivity index (χ1v) is 8.58. The summed E-state index contributed by atoms with van der Waals surface area (Å²) in [7, 11) is 1.58. The van der Waals surface area contributed by atoms with Gasteiger partial charge in [0.25, 0.3) is 0 Å². The van der Waals surface area contributed by atoms with Gasteiger partial charge in [-0.1, -0.05) is 30.3 Å². The maximum atomic E-state index is 12.5. The summed E-state index contributed by atoms with van der Waals surface area (Å²) in [6.45, 7) is 1.23. The van der Waals surface area contributed by atoms with Crippen LogP contribution in [0.1, 0.15) is 6.42 Å². The van der Waals surface area contributed by atoms with Gasteiger partial charge in [-0.05, 0) is 24.3 Å². The van der Waals surface area contributed by atoms with Crippen molar-refractivity contribution in [1.29, 1.82) is 0 Å². The molecule has 2 amide bonds. The zero-order valence-electron chi connectivity index (χ0n) is 14.7. The molecule has 1 N–H and O–H groups in total. The lowest BCUT2D eigenvalue weighted by Crippen LogP contribution is -2.34. The van der Waals surface area contributed by atoms with E-state index in [9.17, 15) is 9.59 Å². The molecule has 2 aromatic rings. The molecule has 1 fully saturated rings. The Morgan fingerprint density at radius 2 is 1.88 bits per heavy atom. The molecule has 0 saturated carbocycles. The molecule has 1 aliphatic rings. The molecule has 0 spiro atoms. The van der Waals surface area contributed by atoms with Gasteiger partial charge in [-0.2, -0.15) is 0 Å². The Balaban J connectivity index is 1.73. The van der Waals surface area contributed by atoms with Gasteiger partial charge in [0.1, 0.15) is 5.75 Å². The summed E-state index contributed by atoms with van der Waals surface area (Å²) in [5.74, 6) is 0.706. The number of anilines is 1. The molecule has 1 saturated heterocycles. The first-order chi connectivity index (χ1) is 12.7. The number of nitrogens with zero attached hydrogens (tertiary/aromatic N) is 1. The van der Waals surface area contributed by atoms with Crippen LogP contribution >= 0.6 is 0 Å². The predicted octanol–water partition coefficient (Wildman–Crippen LogP) is 2.59. The maximum absolute atomic E-state index is 12.5. The van der Waals surface area contributed by atoms with Gasteiger partial charge in [-0.25, -0.2) is 0 Å². The molecule has 0 bridgehead atoms. The van der Waals surface area contributed by atoms with Crippen LogP contribution in [0.4, 0.5) is 5.69 Å². The Labute approximate surface area is 152 Å². The number of rotatable bonds is 7. The monoisotopic (exact) mass is 354 g/mol. The lowest BCUT2D eigenvalue weighted by atomic mass is 10.1. The highest BCUT2D eigenvalue weighted by Gasteiger charge is 2.36. The summed E-state index contributed by atoms with van der Waals surface area (Å²) >= 11 is 0. The predicted molar refractivity (Wildman–Crippen MR) is 98.3 cm³/mol. The van der Waals surface area contributed by atoms with Gasteiger partial charge in [0.15, 0.2) is 5.75 Å². The van der Waals surface area contributed by atoms with Crippen molar-refractivity contribution in [1.82, 2.24) is 5.32 Å². The highest BCUT2D eigenvalue weighted by Crippen LogP contribution is 2.35. The van der Waals surface area contributed by atoms with Crippen LogP contribution in [-0.4, -0.2) is 38.6 Å². The van der Waals surface area contributed by atoms with Crippen LogP contribution in [-0.2, 0) is 14.3 Å². The van der Waals surface area contributed by atoms with E-state index in [0.29, 0.717) is 36.9 Å². The van der Waals surface area contributed by atoms with E-state index >= 15 is 0 Å². The second-order valence-corrected chi connectivity index (χ2v) is 6.07. The van der Waals surface area contributed by atoms with Crippen LogP contribution in [0.5, 0.6) is 11.5 Å². The Hall–Kier alpha value is -2.86. The zero-order chi connectivity index (χ0) is 18.4. The molecule has 0 aliphatic carbocycles. The largest absolute Gasteiger partial charge is 0.455 e. The molecule has 6 heteroatoms. The van der Waals surface area contributed by atoms with E-state index in [1.165, 1.54) is 0 Å². The second kappa shape index (κ2) is 8.49. The number of benzene rings is 2. The van der Waals surface area contributed by atoms with Crippen LogP contribution in [0.15, 0.2) is 54.6 Å². The van der Waals surface area contributed by atoms with Crippen molar-refractivity contribution in [2.24, 2.45) is 5.92 Å². The lowest BCUT2D eigenvalue weighted by molar-refractivity contribution is -0.126. The fourth-order valence-electron chi connectivity index (χ4n) is 2.92. The fraction of sp³-hybridized carbons (Fsp3) is 0.300. The minimum absolute atomic E-state index is 0.0824. The summed E-state index contributed by atoms with van der Waals surface area (Å²) in [5, 5.41) is 2.80. The third-order valence-corrected chi connectivity index (χ3v) is 4.23. The molecule has 136 valence electrons. The van der Waals surface area contributed by atoms with Crippen molar-refractivity contribution in [2.45, 2.75) is 6.42 Å². The molecule has 1 unspecified atom stereocenters. The van der Waals surface area contributed by atoms with Crippen LogP contribution < -0.4 is 15.0 Å². The highest BCUT2D eigenvalue weighted by atomic mass is 16.5. The van der Waals surface area contributed by atoms with Gasteiger partial charge in [0.2, 0.25) is 11.8 Å². The molecule has 0 aromatic heterocycles. The van der Waals surface area contributed by atoms with E-state index in [0.717, 1.165) is 0 Å². The number of carbonyl (C=O) groups excluding carboxylic acids is 2. The van der Waals surface area contributed by atoms with E-state index in [2.05, 4.69) is 5.32 Å². The first kappa shape index (κ1) is 17.9. The molecule has 1 atom stereocenters. The Morgan fingerprint density at radius 3 is 2.65 bits per heavy atom. The molecule has 0 radical (unpaired) electrons. The number of carbonyl (C=O) groups is 2. The third kappa shape index (κ3) is 4.21. The van der Waals surface area contributed by atoms with Crippen molar-refractivity contribution in [2.75, 3.05) is 31.7 Å². The molecule has 3 rings (SSSR count). The number of ether oxygens (including phenoxy) is 2. The molecule has 1 heterocycles. The standard InChI is InChI=1S/C20H22N2O4/c1-25-12-11-21-20(24)15-13-19(23)22(14-15)17-9-5-6-10-18(17)26-16-7-3-2-4-8-16/h2-10,15H,11-14H2,1H3,(H,21,24). The Morgan fingerprint density at radius 1 is 1.15 bits per heavy atom. The summed E-state index contributed by atoms with van der Waals surface area (Å²) < 4.78 is 10.9. The third-order valence-electron chi connectivity index (χ3n) is 4.23. The number of para-hydroxylation sites is 3. The molecule has 26 heavy (non-hydrogen) atoms. The number of nitrogens with one attached hydrogen (secondary N) is 1. The van der Waals surface area contributed by atoms with E-state index in [1.54, 1.807) is 12.0 Å². The molecule has 1 aliphatic heterocycles. The number of methoxy groups -OCH3 is 1. The van der Waals surface area contributed by atoms with Gasteiger partial charge in [0, 0.05) is 26.6 Å². The number of hydrogen-bond donors (Lipinski definition) is 1. The fourth-order valence-corrected chi connectivity index (χ4v) is 2.92. The summed E-state index contributed by atoms with van der Waals surface area (Å²) in [6, 6.07) is 16.8. The van der Waals surface area contributed by atoms with Gasteiger partial charge in [-0.15, -0.1) is 0 Å². The van der Waals surface area contributed by atoms with Crippen LogP contribution in [0.2, 0.25) is 0 Å². The maximum Gasteiger partial charge on any atom is 0.227 e. The zero-order valence-corrected chi connectivity index (χ0v) is 14.7. The smallest absolute Gasteiger partial charge is 0.227 e. The lowest BCUT2D eigenvalue weighted by Gasteiger charge is -2.20. The van der Waals surface area contributed by atoms with Crippen molar-refractivity contribution in [3.63, 3.8) is 0 Å². The summed E-state index contributed by atoms with van der Waals surface area (Å²) in [4.78, 5) is 26.4. The SMILES string of the molecule is COCCNC(=O)C1CC(=O)N(c2ccccc2Oc2ccccc2)C1. The van der Waals surface area contributed by atoms with Crippen molar-refractivity contribution < 1.29 is 19.1 Å². The minimum atomic E-state index is -0.371. The average molecular weight is 354 g/mol. The van der Waals surface area contributed by atoms with E-state index < -0.39 is 0 Å². The van der Waals surface area contributed by atoms with Crippen molar-refractivity contribution in [3.05, 3.63) is 54.6 Å². The van der Waals surface area contributed by atoms with Crippen LogP contribution in [0.25, 0.3) is 0 Å². The summed E-state index contributed by atoms with van der Waals surface area (Å²) in [6.07, 6.45) is 0.193. The molecule has 2 aromatic carbocycles. The van der Waals surface area contributed by atoms with Crippen molar-refractivity contribution >= 4 is 17.5 Å². The minimum Gasteiger partial charge on any atom is -0.455 e. The van der Waals surface area contributed by atoms with Crippen molar-refractivity contribution in [3.8, 4) is 11.5 Å². The Kier molecular flexibility index (Phi) is 5.86. The van der Waals surface area contributed by atoms with Gasteiger partial charge in [-0.3, -0.25) is 9.59 Å². The molecule has 6 nitrogen and oxygen atoms in total. The molecular formula is C20H22N2O4. The highest BCUT2D eigenvalue weighted by molar-refractivity contribution is 6.01. The van der Waals surface area contributed by atoms with Gasteiger partial charge in [0.05, 0.1) is 18.2 Å². The first-order valence-electron chi connectivity index (χ1n) is 8.58. The van der Waals surface area contributed by atoms with E-state index in [4.69, 9.17) is 9.47 Å².